The molecule has 0 saturated heterocycles. The van der Waals surface area contributed by atoms with Crippen LogP contribution in [0.1, 0.15) is 5.69 Å². The Labute approximate surface area is 91.4 Å². The summed E-state index contributed by atoms with van der Waals surface area (Å²) in [5.41, 5.74) is 1.79. The summed E-state index contributed by atoms with van der Waals surface area (Å²) in [6, 6.07) is 5.69. The van der Waals surface area contributed by atoms with Crippen molar-refractivity contribution in [1.29, 1.82) is 0 Å². The van der Waals surface area contributed by atoms with Gasteiger partial charge in [0, 0.05) is 18.0 Å². The Morgan fingerprint density at radius 3 is 3.19 bits per heavy atom. The number of nitrogens with one attached hydrogen (secondary N) is 2. The summed E-state index contributed by atoms with van der Waals surface area (Å²) in [4.78, 5) is 8.05. The van der Waals surface area contributed by atoms with Gasteiger partial charge in [0.1, 0.15) is 5.65 Å². The van der Waals surface area contributed by atoms with E-state index in [2.05, 4.69) is 31.8 Å². The predicted octanol–water partition coefficient (Wildman–Crippen LogP) is 1.30. The Morgan fingerprint density at radius 1 is 1.44 bits per heavy atom. The van der Waals surface area contributed by atoms with Gasteiger partial charge in [-0.15, -0.1) is 0 Å². The molecule has 0 aliphatic carbocycles. The second-order valence-corrected chi connectivity index (χ2v) is 3.44. The standard InChI is InChI=1S/C10H9N6/c1-7-5-8(15-14-7)13-10-12-6-11-9-3-2-4-16(9)10/h2-5H,1H3,(H2,11,12,13,14,15). The number of aromatic nitrogens is 5. The molecular weight excluding hydrogens is 204 g/mol. The lowest BCUT2D eigenvalue weighted by molar-refractivity contribution is 1.01. The Bertz CT molecular complexity index is 623. The Morgan fingerprint density at radius 2 is 2.38 bits per heavy atom. The summed E-state index contributed by atoms with van der Waals surface area (Å²) in [7, 11) is 0. The van der Waals surface area contributed by atoms with E-state index in [1.165, 1.54) is 0 Å². The monoisotopic (exact) mass is 213 g/mol. The van der Waals surface area contributed by atoms with Gasteiger partial charge in [-0.3, -0.25) is 9.50 Å². The molecule has 3 rings (SSSR count). The van der Waals surface area contributed by atoms with Crippen LogP contribution >= 0.6 is 0 Å². The maximum Gasteiger partial charge on any atom is 0.216 e. The van der Waals surface area contributed by atoms with Crippen LogP contribution in [0.5, 0.6) is 0 Å². The third-order valence-corrected chi connectivity index (χ3v) is 2.22. The number of hydrogen-bond acceptors (Lipinski definition) is 4. The molecule has 0 aromatic carbocycles. The van der Waals surface area contributed by atoms with Crippen LogP contribution in [0.15, 0.2) is 24.4 Å². The van der Waals surface area contributed by atoms with Gasteiger partial charge in [0.05, 0.1) is 0 Å². The van der Waals surface area contributed by atoms with E-state index in [1.54, 1.807) is 0 Å². The van der Waals surface area contributed by atoms with Crippen molar-refractivity contribution in [2.45, 2.75) is 6.92 Å². The first-order chi connectivity index (χ1) is 7.83. The van der Waals surface area contributed by atoms with E-state index < -0.39 is 0 Å². The van der Waals surface area contributed by atoms with Gasteiger partial charge in [-0.05, 0) is 19.1 Å². The second kappa shape index (κ2) is 3.34. The van der Waals surface area contributed by atoms with E-state index in [1.807, 2.05) is 35.7 Å². The lowest BCUT2D eigenvalue weighted by atomic mass is 10.5. The molecule has 3 aromatic heterocycles. The molecule has 3 heterocycles. The van der Waals surface area contributed by atoms with Gasteiger partial charge in [0.15, 0.2) is 5.82 Å². The number of fused-ring (bicyclic) bond motifs is 1. The van der Waals surface area contributed by atoms with Gasteiger partial charge in [-0.1, -0.05) is 0 Å². The van der Waals surface area contributed by atoms with Crippen LogP contribution in [0.3, 0.4) is 0 Å². The van der Waals surface area contributed by atoms with Crippen LogP contribution < -0.4 is 5.32 Å². The highest BCUT2D eigenvalue weighted by atomic mass is 15.3. The van der Waals surface area contributed by atoms with E-state index in [0.29, 0.717) is 5.95 Å². The van der Waals surface area contributed by atoms with Crippen molar-refractivity contribution < 1.29 is 0 Å². The van der Waals surface area contributed by atoms with Gasteiger partial charge in [-0.2, -0.15) is 10.1 Å². The molecule has 0 spiro atoms. The Kier molecular flexibility index (Phi) is 1.86. The van der Waals surface area contributed by atoms with Gasteiger partial charge in [0.25, 0.3) is 0 Å². The smallest absolute Gasteiger partial charge is 0.216 e. The molecule has 2 N–H and O–H groups in total. The van der Waals surface area contributed by atoms with Crippen LogP contribution in [0.2, 0.25) is 0 Å². The van der Waals surface area contributed by atoms with Crippen LogP contribution in [0.4, 0.5) is 11.8 Å². The number of rotatable bonds is 2. The average molecular weight is 213 g/mol. The summed E-state index contributed by atoms with van der Waals surface area (Å²) in [6.07, 6.45) is 4.48. The minimum absolute atomic E-state index is 0.640. The molecule has 0 unspecified atom stereocenters. The van der Waals surface area contributed by atoms with E-state index in [4.69, 9.17) is 0 Å². The number of aryl methyl sites for hydroxylation is 1. The normalized spacial score (nSPS) is 10.8. The van der Waals surface area contributed by atoms with Crippen LogP contribution in [-0.2, 0) is 0 Å². The Hall–Kier alpha value is -2.37. The molecular formula is C10H9N6. The number of aromatic amines is 1. The van der Waals surface area contributed by atoms with Crippen LogP contribution in [0, 0.1) is 13.3 Å². The van der Waals surface area contributed by atoms with E-state index >= 15 is 0 Å². The van der Waals surface area contributed by atoms with Crippen molar-refractivity contribution in [3.63, 3.8) is 0 Å². The molecule has 79 valence electrons. The lowest BCUT2D eigenvalue weighted by Crippen LogP contribution is -2.01. The molecule has 0 amide bonds. The van der Waals surface area contributed by atoms with Crippen molar-refractivity contribution in [3.8, 4) is 0 Å². The van der Waals surface area contributed by atoms with Crippen molar-refractivity contribution in [2.24, 2.45) is 0 Å². The predicted molar refractivity (Wildman–Crippen MR) is 58.4 cm³/mol. The molecule has 0 fully saturated rings. The van der Waals surface area contributed by atoms with E-state index in [-0.39, 0.29) is 0 Å². The molecule has 6 heteroatoms. The minimum atomic E-state index is 0.640. The van der Waals surface area contributed by atoms with Gasteiger partial charge < -0.3 is 5.32 Å². The van der Waals surface area contributed by atoms with E-state index in [9.17, 15) is 0 Å². The third kappa shape index (κ3) is 1.40. The fraction of sp³-hybridized carbons (Fsp3) is 0.100. The third-order valence-electron chi connectivity index (χ3n) is 2.22. The second-order valence-electron chi connectivity index (χ2n) is 3.44. The fourth-order valence-electron chi connectivity index (χ4n) is 1.50. The molecule has 0 saturated carbocycles. The van der Waals surface area contributed by atoms with Gasteiger partial charge >= 0.3 is 0 Å². The zero-order valence-electron chi connectivity index (χ0n) is 8.60. The van der Waals surface area contributed by atoms with Crippen molar-refractivity contribution >= 4 is 17.4 Å². The maximum atomic E-state index is 4.08. The van der Waals surface area contributed by atoms with Gasteiger partial charge in [0.2, 0.25) is 12.3 Å². The number of anilines is 2. The van der Waals surface area contributed by atoms with Gasteiger partial charge in [-0.25, -0.2) is 4.98 Å². The zero-order valence-corrected chi connectivity index (χ0v) is 8.60. The van der Waals surface area contributed by atoms with Crippen LogP contribution in [-0.4, -0.2) is 24.6 Å². The molecule has 0 atom stereocenters. The first-order valence-corrected chi connectivity index (χ1v) is 4.83. The summed E-state index contributed by atoms with van der Waals surface area (Å²) >= 11 is 0. The maximum absolute atomic E-state index is 4.08. The Balaban J connectivity index is 2.03. The average Bonchev–Trinajstić information content (AvgIpc) is 2.87. The number of H-pyrrole nitrogens is 1. The minimum Gasteiger partial charge on any atom is -0.308 e. The quantitative estimate of drug-likeness (QED) is 0.673. The topological polar surface area (TPSA) is 70.9 Å². The number of hydrogen-bond donors (Lipinski definition) is 2. The largest absolute Gasteiger partial charge is 0.308 e. The molecule has 3 aromatic rings. The molecule has 0 aliphatic rings. The summed E-state index contributed by atoms with van der Waals surface area (Å²) < 4.78 is 1.83. The zero-order chi connectivity index (χ0) is 11.0. The first kappa shape index (κ1) is 8.90. The first-order valence-electron chi connectivity index (χ1n) is 4.83. The summed E-state index contributed by atoms with van der Waals surface area (Å²) in [5, 5.41) is 10.0. The van der Waals surface area contributed by atoms with Crippen LogP contribution in [0.25, 0.3) is 5.65 Å². The molecule has 0 aliphatic heterocycles. The molecule has 16 heavy (non-hydrogen) atoms. The molecule has 6 nitrogen and oxygen atoms in total. The SMILES string of the molecule is Cc1cc(Nc2n[c]nc3cccn23)n[nH]1. The molecule has 1 radical (unpaired) electrons. The molecule has 0 bridgehead atoms. The highest BCUT2D eigenvalue weighted by molar-refractivity contribution is 5.52. The van der Waals surface area contributed by atoms with Crippen molar-refractivity contribution in [3.05, 3.63) is 36.4 Å². The lowest BCUT2D eigenvalue weighted by Gasteiger charge is -2.03. The summed E-state index contributed by atoms with van der Waals surface area (Å²) in [5.74, 6) is 1.36. The highest BCUT2D eigenvalue weighted by Gasteiger charge is 2.04. The number of nitrogens with zero attached hydrogens (tertiary/aromatic N) is 4. The van der Waals surface area contributed by atoms with E-state index in [0.717, 1.165) is 17.2 Å². The summed E-state index contributed by atoms with van der Waals surface area (Å²) in [6.45, 7) is 1.94. The van der Waals surface area contributed by atoms with Crippen molar-refractivity contribution in [1.82, 2.24) is 24.6 Å². The van der Waals surface area contributed by atoms with Crippen molar-refractivity contribution in [2.75, 3.05) is 5.32 Å². The highest BCUT2D eigenvalue weighted by Crippen LogP contribution is 2.13. The fourth-order valence-corrected chi connectivity index (χ4v) is 1.50.